The quantitative estimate of drug-likeness (QED) is 0.246. The van der Waals surface area contributed by atoms with Crippen LogP contribution in [0.15, 0.2) is 12.3 Å². The Kier molecular flexibility index (Phi) is 9.51. The van der Waals surface area contributed by atoms with Gasteiger partial charge in [-0.25, -0.2) is 0 Å². The van der Waals surface area contributed by atoms with E-state index in [2.05, 4.69) is 27.8 Å². The average molecular weight is 469 g/mol. The lowest BCUT2D eigenvalue weighted by Crippen LogP contribution is -2.56. The number of halogens is 1. The predicted octanol–water partition coefficient (Wildman–Crippen LogP) is -0.387. The molecule has 0 aromatic rings. The van der Waals surface area contributed by atoms with Crippen LogP contribution in [0.25, 0.3) is 0 Å². The molecular weight excluding hydrogens is 435 g/mol. The van der Waals surface area contributed by atoms with E-state index in [4.69, 9.17) is 0 Å². The zero-order chi connectivity index (χ0) is 24.6. The molecule has 1 saturated carbocycles. The van der Waals surface area contributed by atoms with E-state index in [1.165, 1.54) is 0 Å². The van der Waals surface area contributed by atoms with Crippen molar-refractivity contribution in [3.8, 4) is 0 Å². The number of aliphatic hydroxyl groups is 1. The molecule has 3 atom stereocenters. The number of aliphatic hydroxyl groups excluding tert-OH is 1. The normalized spacial score (nSPS) is 20.6. The first-order valence-corrected chi connectivity index (χ1v) is 11.2. The van der Waals surface area contributed by atoms with Crippen molar-refractivity contribution in [3.05, 3.63) is 12.3 Å². The first-order valence-electron chi connectivity index (χ1n) is 11.2. The lowest BCUT2D eigenvalue weighted by atomic mass is 9.67. The fourth-order valence-corrected chi connectivity index (χ4v) is 4.11. The first kappa shape index (κ1) is 26.4. The number of alkyl halides is 1. The van der Waals surface area contributed by atoms with Crippen molar-refractivity contribution in [2.75, 3.05) is 19.8 Å². The largest absolute Gasteiger partial charge is 0.389 e. The maximum Gasteiger partial charge on any atom is 0.313 e. The van der Waals surface area contributed by atoms with Crippen LogP contribution in [0.2, 0.25) is 0 Å². The summed E-state index contributed by atoms with van der Waals surface area (Å²) >= 11 is 0. The number of Topliss-reactive ketones (excluding diaryl/α,β-unsaturated/α-hetero) is 1. The van der Waals surface area contributed by atoms with Gasteiger partial charge in [0.2, 0.25) is 11.8 Å². The van der Waals surface area contributed by atoms with Gasteiger partial charge in [-0.3, -0.25) is 28.4 Å². The van der Waals surface area contributed by atoms with Crippen molar-refractivity contribution in [2.24, 2.45) is 11.3 Å². The summed E-state index contributed by atoms with van der Waals surface area (Å²) in [5.41, 5.74) is -0.182. The molecule has 1 saturated heterocycles. The lowest BCUT2D eigenvalue weighted by molar-refractivity contribution is -0.141. The number of hydrogen-bond acceptors (Lipinski definition) is 6. The van der Waals surface area contributed by atoms with Gasteiger partial charge >= 0.3 is 11.8 Å². The lowest BCUT2D eigenvalue weighted by Gasteiger charge is -2.40. The maximum absolute atomic E-state index is 13.1. The first-order chi connectivity index (χ1) is 15.6. The Labute approximate surface area is 192 Å². The Bertz CT molecular complexity index is 798. The molecule has 33 heavy (non-hydrogen) atoms. The van der Waals surface area contributed by atoms with Crippen LogP contribution in [0.1, 0.15) is 51.9 Å². The molecule has 0 aromatic heterocycles. The van der Waals surface area contributed by atoms with Crippen molar-refractivity contribution >= 4 is 29.4 Å². The summed E-state index contributed by atoms with van der Waals surface area (Å²) in [6.45, 7) is 4.34. The number of carbonyl (C=O) groups excluding carboxylic acids is 5. The van der Waals surface area contributed by atoms with Crippen LogP contribution in [0, 0.1) is 11.3 Å². The van der Waals surface area contributed by atoms with Gasteiger partial charge in [0.05, 0.1) is 12.7 Å². The Morgan fingerprint density at radius 1 is 1.21 bits per heavy atom. The smallest absolute Gasteiger partial charge is 0.313 e. The molecule has 1 heterocycles. The molecule has 184 valence electrons. The second-order valence-corrected chi connectivity index (χ2v) is 9.09. The summed E-state index contributed by atoms with van der Waals surface area (Å²) in [7, 11) is 0. The van der Waals surface area contributed by atoms with Crippen LogP contribution < -0.4 is 21.3 Å². The number of nitrogens with one attached hydrogen (secondary N) is 4. The van der Waals surface area contributed by atoms with E-state index in [1.54, 1.807) is 0 Å². The summed E-state index contributed by atoms with van der Waals surface area (Å²) in [4.78, 5) is 61.7. The van der Waals surface area contributed by atoms with Crippen LogP contribution in [0.5, 0.6) is 0 Å². The van der Waals surface area contributed by atoms with Gasteiger partial charge in [-0.15, -0.1) is 0 Å². The number of allylic oxidation sites excluding steroid dienone is 1. The second-order valence-electron chi connectivity index (χ2n) is 9.09. The highest BCUT2D eigenvalue weighted by Crippen LogP contribution is 2.44. The van der Waals surface area contributed by atoms with Crippen LogP contribution in [-0.4, -0.2) is 66.4 Å². The van der Waals surface area contributed by atoms with Crippen LogP contribution in [0.4, 0.5) is 4.39 Å². The number of ketones is 1. The monoisotopic (exact) mass is 468 g/mol. The van der Waals surface area contributed by atoms with Gasteiger partial charge in [0.1, 0.15) is 12.6 Å². The Morgan fingerprint density at radius 3 is 2.42 bits per heavy atom. The van der Waals surface area contributed by atoms with Crippen molar-refractivity contribution in [2.45, 2.75) is 64.0 Å². The Morgan fingerprint density at radius 2 is 1.91 bits per heavy atom. The van der Waals surface area contributed by atoms with E-state index in [9.17, 15) is 33.5 Å². The number of amides is 4. The van der Waals surface area contributed by atoms with E-state index in [0.717, 1.165) is 19.3 Å². The minimum absolute atomic E-state index is 0.0262. The van der Waals surface area contributed by atoms with Crippen molar-refractivity contribution in [3.63, 3.8) is 0 Å². The topological polar surface area (TPSA) is 154 Å². The summed E-state index contributed by atoms with van der Waals surface area (Å²) in [5.74, 6) is -4.19. The molecule has 0 radical (unpaired) electrons. The maximum atomic E-state index is 13.1. The predicted molar refractivity (Wildman–Crippen MR) is 116 cm³/mol. The van der Waals surface area contributed by atoms with Crippen LogP contribution >= 0.6 is 0 Å². The summed E-state index contributed by atoms with van der Waals surface area (Å²) in [6, 6.07) is -2.22. The fourth-order valence-electron chi connectivity index (χ4n) is 4.11. The highest BCUT2D eigenvalue weighted by Gasteiger charge is 2.39. The van der Waals surface area contributed by atoms with Gasteiger partial charge in [-0.05, 0) is 37.5 Å². The zero-order valence-corrected chi connectivity index (χ0v) is 18.9. The number of carbonyl (C=O) groups is 5. The standard InChI is InChI=1S/C22H33FN4O6/c1-13(4-8-23)25-20(32)21(33)27-16(11-22(2)6-3-7-22)19(31)26-15(17(29)12-28)10-14-5-9-24-18(14)30/h14-16,28H,1,3-12H2,2H3,(H,24,30)(H,25,32)(H,26,31)(H,27,33)/t14?,15-,16-/m0/s1. The summed E-state index contributed by atoms with van der Waals surface area (Å²) < 4.78 is 12.4. The van der Waals surface area contributed by atoms with E-state index < -0.39 is 54.8 Å². The van der Waals surface area contributed by atoms with E-state index in [1.807, 2.05) is 6.92 Å². The zero-order valence-electron chi connectivity index (χ0n) is 18.9. The number of rotatable bonds is 12. The average Bonchev–Trinajstić information content (AvgIpc) is 3.15. The summed E-state index contributed by atoms with van der Waals surface area (Å²) in [5, 5.41) is 19.1. The van der Waals surface area contributed by atoms with Gasteiger partial charge in [0.25, 0.3) is 0 Å². The minimum atomic E-state index is -1.12. The van der Waals surface area contributed by atoms with E-state index >= 15 is 0 Å². The van der Waals surface area contributed by atoms with Gasteiger partial charge in [-0.2, -0.15) is 0 Å². The Hall–Kier alpha value is -2.82. The van der Waals surface area contributed by atoms with Crippen molar-refractivity contribution in [1.29, 1.82) is 0 Å². The Balaban J connectivity index is 2.10. The van der Waals surface area contributed by atoms with E-state index in [0.29, 0.717) is 13.0 Å². The third-order valence-corrected chi connectivity index (χ3v) is 6.32. The molecule has 1 unspecified atom stereocenters. The fraction of sp³-hybridized carbons (Fsp3) is 0.682. The molecule has 2 fully saturated rings. The molecule has 5 N–H and O–H groups in total. The third kappa shape index (κ3) is 7.62. The van der Waals surface area contributed by atoms with Gasteiger partial charge in [0, 0.05) is 24.6 Å². The van der Waals surface area contributed by atoms with E-state index in [-0.39, 0.29) is 36.3 Å². The third-order valence-electron chi connectivity index (χ3n) is 6.32. The molecule has 1 aliphatic heterocycles. The molecule has 11 heteroatoms. The molecular formula is C22H33FN4O6. The minimum Gasteiger partial charge on any atom is -0.389 e. The van der Waals surface area contributed by atoms with Crippen molar-refractivity contribution < 1.29 is 33.5 Å². The van der Waals surface area contributed by atoms with Crippen molar-refractivity contribution in [1.82, 2.24) is 21.3 Å². The second kappa shape index (κ2) is 11.9. The SMILES string of the molecule is C=C(CCF)NC(=O)C(=O)N[C@@H](CC1(C)CCC1)C(=O)N[C@@H](CC1CCNC1=O)C(=O)CO. The van der Waals surface area contributed by atoms with Crippen LogP contribution in [-0.2, 0) is 24.0 Å². The van der Waals surface area contributed by atoms with Crippen LogP contribution in [0.3, 0.4) is 0 Å². The molecule has 0 bridgehead atoms. The molecule has 0 aromatic carbocycles. The van der Waals surface area contributed by atoms with Gasteiger partial charge in [0.15, 0.2) is 5.78 Å². The molecule has 2 aliphatic rings. The highest BCUT2D eigenvalue weighted by molar-refractivity contribution is 6.35. The number of hydrogen-bond donors (Lipinski definition) is 5. The molecule has 10 nitrogen and oxygen atoms in total. The summed E-state index contributed by atoms with van der Waals surface area (Å²) in [6.07, 6.45) is 3.29. The van der Waals surface area contributed by atoms with Gasteiger partial charge < -0.3 is 26.4 Å². The highest BCUT2D eigenvalue weighted by atomic mass is 19.1. The van der Waals surface area contributed by atoms with Gasteiger partial charge in [-0.1, -0.05) is 19.9 Å². The molecule has 2 rings (SSSR count). The molecule has 0 spiro atoms. The molecule has 1 aliphatic carbocycles. The molecule has 4 amide bonds.